The number of nitrogens with zero attached hydrogens (tertiary/aromatic N) is 2. The molecule has 12 aromatic rings. The lowest BCUT2D eigenvalue weighted by molar-refractivity contribution is 0.748. The van der Waals surface area contributed by atoms with Gasteiger partial charge >= 0.3 is 0 Å². The quantitative estimate of drug-likeness (QED) is 0.161. The molecule has 2 heteroatoms. The molecule has 0 saturated heterocycles. The summed E-state index contributed by atoms with van der Waals surface area (Å²) in [5, 5.41) is 2.55. The largest absolute Gasteiger partial charge is 0.310 e. The minimum absolute atomic E-state index is 0.547. The van der Waals surface area contributed by atoms with Crippen LogP contribution >= 0.6 is 0 Å². The Morgan fingerprint density at radius 1 is 0.314 bits per heavy atom. The zero-order valence-electron chi connectivity index (χ0n) is 38.3. The van der Waals surface area contributed by atoms with Crippen LogP contribution in [-0.4, -0.2) is 4.57 Å². The fourth-order valence-electron chi connectivity index (χ4n) is 13.2. The minimum Gasteiger partial charge on any atom is -0.310 e. The number of para-hydroxylation sites is 2. The second kappa shape index (κ2) is 14.8. The van der Waals surface area contributed by atoms with Crippen LogP contribution in [0.2, 0.25) is 0 Å². The number of hydrogen-bond acceptors (Lipinski definition) is 1. The van der Waals surface area contributed by atoms with Crippen LogP contribution in [0.5, 0.6) is 0 Å². The van der Waals surface area contributed by atoms with Crippen molar-refractivity contribution in [2.45, 2.75) is 10.8 Å². The Balaban J connectivity index is 1.06. The number of rotatable bonds is 6. The lowest BCUT2D eigenvalue weighted by Gasteiger charge is -2.40. The Morgan fingerprint density at radius 3 is 1.50 bits per heavy atom. The van der Waals surface area contributed by atoms with E-state index in [1.165, 1.54) is 105 Å². The Kier molecular flexibility index (Phi) is 8.24. The van der Waals surface area contributed by atoms with Gasteiger partial charge in [-0.3, -0.25) is 0 Å². The Morgan fingerprint density at radius 2 is 0.814 bits per heavy atom. The van der Waals surface area contributed by atoms with Crippen LogP contribution < -0.4 is 4.90 Å². The van der Waals surface area contributed by atoms with Gasteiger partial charge < -0.3 is 9.47 Å². The van der Waals surface area contributed by atoms with Crippen molar-refractivity contribution in [2.24, 2.45) is 0 Å². The predicted octanol–water partition coefficient (Wildman–Crippen LogP) is 17.0. The molecule has 15 rings (SSSR count). The van der Waals surface area contributed by atoms with Gasteiger partial charge in [0.05, 0.1) is 33.2 Å². The fraction of sp³-hybridized carbons (Fsp3) is 0.0294. The molecule has 11 aromatic carbocycles. The van der Waals surface area contributed by atoms with Gasteiger partial charge in [0.15, 0.2) is 0 Å². The highest BCUT2D eigenvalue weighted by atomic mass is 15.1. The molecule has 0 unspecified atom stereocenters. The van der Waals surface area contributed by atoms with Gasteiger partial charge in [-0.25, -0.2) is 0 Å². The van der Waals surface area contributed by atoms with E-state index in [1.54, 1.807) is 0 Å². The highest BCUT2D eigenvalue weighted by Gasteiger charge is 2.52. The lowest BCUT2D eigenvalue weighted by atomic mass is 9.65. The van der Waals surface area contributed by atoms with E-state index < -0.39 is 10.8 Å². The molecule has 0 bridgehead atoms. The van der Waals surface area contributed by atoms with Gasteiger partial charge in [-0.15, -0.1) is 0 Å². The van der Waals surface area contributed by atoms with Crippen LogP contribution in [0.25, 0.3) is 60.9 Å². The maximum atomic E-state index is 2.55. The van der Waals surface area contributed by atoms with Crippen LogP contribution in [0.4, 0.5) is 17.1 Å². The van der Waals surface area contributed by atoms with Crippen molar-refractivity contribution in [2.75, 3.05) is 4.90 Å². The topological polar surface area (TPSA) is 8.17 Å². The number of hydrogen-bond donors (Lipinski definition) is 0. The molecule has 0 saturated carbocycles. The van der Waals surface area contributed by atoms with E-state index in [2.05, 4.69) is 276 Å². The monoisotopic (exact) mass is 888 g/mol. The number of fused-ring (bicyclic) bond motifs is 15. The van der Waals surface area contributed by atoms with E-state index >= 15 is 0 Å². The first-order valence-corrected chi connectivity index (χ1v) is 24.4. The Bertz CT molecular complexity index is 3970. The highest BCUT2D eigenvalue weighted by molar-refractivity contribution is 6.13. The maximum Gasteiger partial charge on any atom is 0.0755 e. The van der Waals surface area contributed by atoms with Crippen LogP contribution in [0.3, 0.4) is 0 Å². The summed E-state index contributed by atoms with van der Waals surface area (Å²) in [5.74, 6) is 0. The molecule has 2 aliphatic carbocycles. The molecule has 1 aromatic heterocycles. The predicted molar refractivity (Wildman–Crippen MR) is 289 cm³/mol. The van der Waals surface area contributed by atoms with E-state index in [-0.39, 0.29) is 0 Å². The van der Waals surface area contributed by atoms with Gasteiger partial charge in [-0.05, 0) is 115 Å². The van der Waals surface area contributed by atoms with Gasteiger partial charge in [0.25, 0.3) is 0 Å². The summed E-state index contributed by atoms with van der Waals surface area (Å²) in [6.45, 7) is 0. The molecule has 3 aliphatic rings. The Labute approximate surface area is 407 Å². The average Bonchev–Trinajstić information content (AvgIpc) is 4.06. The van der Waals surface area contributed by atoms with Crippen molar-refractivity contribution in [3.8, 4) is 39.1 Å². The molecule has 2 nitrogen and oxygen atoms in total. The smallest absolute Gasteiger partial charge is 0.0755 e. The van der Waals surface area contributed by atoms with E-state index in [1.807, 2.05) is 0 Å². The van der Waals surface area contributed by atoms with Crippen molar-refractivity contribution in [1.29, 1.82) is 0 Å². The number of aromatic nitrogens is 1. The molecular weight excluding hydrogens is 845 g/mol. The molecule has 70 heavy (non-hydrogen) atoms. The van der Waals surface area contributed by atoms with Gasteiger partial charge in [0.2, 0.25) is 0 Å². The third-order valence-electron chi connectivity index (χ3n) is 15.9. The van der Waals surface area contributed by atoms with E-state index in [9.17, 15) is 0 Å². The second-order valence-electron chi connectivity index (χ2n) is 19.1. The summed E-state index contributed by atoms with van der Waals surface area (Å²) in [7, 11) is 0. The first-order valence-electron chi connectivity index (χ1n) is 24.4. The molecule has 1 aliphatic heterocycles. The summed E-state index contributed by atoms with van der Waals surface area (Å²) in [4.78, 5) is 2.54. The van der Waals surface area contributed by atoms with Crippen molar-refractivity contribution in [3.05, 3.63) is 311 Å². The van der Waals surface area contributed by atoms with E-state index in [4.69, 9.17) is 0 Å². The zero-order valence-corrected chi connectivity index (χ0v) is 38.3. The summed E-state index contributed by atoms with van der Waals surface area (Å²) >= 11 is 0. The summed E-state index contributed by atoms with van der Waals surface area (Å²) in [5.41, 5.74) is 23.6. The lowest BCUT2D eigenvalue weighted by Crippen LogP contribution is -2.33. The third kappa shape index (κ3) is 5.07. The first-order chi connectivity index (χ1) is 34.8. The second-order valence-corrected chi connectivity index (χ2v) is 19.1. The Hall–Kier alpha value is -8.98. The van der Waals surface area contributed by atoms with Crippen LogP contribution in [-0.2, 0) is 10.8 Å². The standard InChI is InChI=1S/C68H44N2/c1-4-20-45(21-5-1)46-38-40-49(41-39-46)69(64-37-19-34-59-65(64)55-29-12-16-33-58(55)67(59,47-22-6-2-7-23-47)48-24-8-3-9-25-48)50-42-43-63-61(44-50)68(56-31-14-10-26-51(56)52-27-11-15-32-57(52)68)60-35-18-30-54-53-28-13-17-36-62(53)70(63)66(54)60/h1-44H. The van der Waals surface area contributed by atoms with Crippen LogP contribution in [0.1, 0.15) is 44.5 Å². The van der Waals surface area contributed by atoms with Gasteiger partial charge in [0, 0.05) is 27.7 Å². The van der Waals surface area contributed by atoms with Crippen molar-refractivity contribution in [3.63, 3.8) is 0 Å². The maximum absolute atomic E-state index is 2.55. The molecule has 0 amide bonds. The van der Waals surface area contributed by atoms with Crippen LogP contribution in [0, 0.1) is 0 Å². The summed E-state index contributed by atoms with van der Waals surface area (Å²) in [6.07, 6.45) is 0. The summed E-state index contributed by atoms with van der Waals surface area (Å²) < 4.78 is 2.55. The zero-order chi connectivity index (χ0) is 46.0. The molecule has 0 radical (unpaired) electrons. The molecule has 2 heterocycles. The number of benzene rings is 11. The van der Waals surface area contributed by atoms with Gasteiger partial charge in [-0.1, -0.05) is 224 Å². The fourth-order valence-corrected chi connectivity index (χ4v) is 13.2. The van der Waals surface area contributed by atoms with Crippen molar-refractivity contribution >= 4 is 38.9 Å². The molecule has 0 N–H and O–H groups in total. The van der Waals surface area contributed by atoms with Crippen LogP contribution in [0.15, 0.2) is 267 Å². The van der Waals surface area contributed by atoms with Crippen molar-refractivity contribution in [1.82, 2.24) is 4.57 Å². The third-order valence-corrected chi connectivity index (χ3v) is 15.9. The SMILES string of the molecule is c1ccc(-c2ccc(N(c3ccc4c(c3)C3(c5ccccc5-c5ccccc53)c3cccc5c6ccccc6n-4c35)c3cccc4c3-c3ccccc3C4(c3ccccc3)c3ccccc3)cc2)cc1. The summed E-state index contributed by atoms with van der Waals surface area (Å²) in [6, 6.07) is 99.9. The van der Waals surface area contributed by atoms with Crippen molar-refractivity contribution < 1.29 is 0 Å². The van der Waals surface area contributed by atoms with E-state index in [0.29, 0.717) is 0 Å². The molecule has 326 valence electrons. The van der Waals surface area contributed by atoms with E-state index in [0.717, 1.165) is 17.1 Å². The minimum atomic E-state index is -0.591. The molecule has 0 fully saturated rings. The van der Waals surface area contributed by atoms with Gasteiger partial charge in [-0.2, -0.15) is 0 Å². The molecular formula is C68H44N2. The average molecular weight is 889 g/mol. The highest BCUT2D eigenvalue weighted by Crippen LogP contribution is 2.63. The molecule has 1 spiro atoms. The molecule has 0 atom stereocenters. The number of anilines is 3. The van der Waals surface area contributed by atoms with Gasteiger partial charge in [0.1, 0.15) is 0 Å². The normalized spacial score (nSPS) is 13.9. The first kappa shape index (κ1) is 39.1.